The third kappa shape index (κ3) is 11.6. The van der Waals surface area contributed by atoms with E-state index in [9.17, 15) is 28.8 Å². The molecule has 2 atom stereocenters. The molecule has 10 nitrogen and oxygen atoms in total. The lowest BCUT2D eigenvalue weighted by Gasteiger charge is -2.27. The van der Waals surface area contributed by atoms with Crippen LogP contribution < -0.4 is 16.0 Å². The Morgan fingerprint density at radius 2 is 1.40 bits per heavy atom. The van der Waals surface area contributed by atoms with E-state index in [1.54, 1.807) is 0 Å². The molecule has 0 radical (unpaired) electrons. The number of allylic oxidation sites excluding steroid dienone is 12. The first kappa shape index (κ1) is 37.3. The van der Waals surface area contributed by atoms with Gasteiger partial charge >= 0.3 is 0 Å². The lowest BCUT2D eigenvalue weighted by atomic mass is 10.0. The molecule has 2 aliphatic rings. The highest BCUT2D eigenvalue weighted by Crippen LogP contribution is 2.32. The minimum absolute atomic E-state index is 0.00467. The second-order valence-corrected chi connectivity index (χ2v) is 11.4. The largest absolute Gasteiger partial charge is 0.345 e. The van der Waals surface area contributed by atoms with Crippen molar-refractivity contribution < 1.29 is 28.8 Å². The molecule has 2 heterocycles. The number of nitrogens with one attached hydrogen (secondary N) is 3. The molecule has 0 aromatic heterocycles. The Kier molecular flexibility index (Phi) is 15.7. The van der Waals surface area contributed by atoms with Gasteiger partial charge in [-0.3, -0.25) is 39.0 Å². The van der Waals surface area contributed by atoms with Crippen molar-refractivity contribution in [1.29, 1.82) is 0 Å². The van der Waals surface area contributed by atoms with Gasteiger partial charge in [-0.15, -0.1) is 0 Å². The number of carbonyl (C=O) groups is 6. The predicted octanol–water partition coefficient (Wildman–Crippen LogP) is 6.01. The highest BCUT2D eigenvalue weighted by molar-refractivity contribution is 6.26. The first-order chi connectivity index (χ1) is 23.2. The minimum atomic E-state index is -1.11. The molecule has 3 rings (SSSR count). The van der Waals surface area contributed by atoms with Gasteiger partial charge in [-0.25, -0.2) is 0 Å². The van der Waals surface area contributed by atoms with Crippen molar-refractivity contribution >= 4 is 41.1 Å². The van der Waals surface area contributed by atoms with Gasteiger partial charge in [0.1, 0.15) is 12.1 Å². The van der Waals surface area contributed by atoms with Crippen LogP contribution in [0.25, 0.3) is 0 Å². The van der Waals surface area contributed by atoms with Gasteiger partial charge in [-0.1, -0.05) is 85.9 Å². The zero-order chi connectivity index (χ0) is 34.7. The summed E-state index contributed by atoms with van der Waals surface area (Å²) in [5.41, 5.74) is 0.122. The summed E-state index contributed by atoms with van der Waals surface area (Å²) < 4.78 is 0. The summed E-state index contributed by atoms with van der Waals surface area (Å²) in [6, 6.07) is 2.42. The van der Waals surface area contributed by atoms with Gasteiger partial charge in [-0.2, -0.15) is 0 Å². The number of anilines is 1. The highest BCUT2D eigenvalue weighted by atomic mass is 16.2. The average molecular weight is 655 g/mol. The summed E-state index contributed by atoms with van der Waals surface area (Å²) in [7, 11) is 0. The number of fused-ring (bicyclic) bond motifs is 1. The molecular weight excluding hydrogens is 608 g/mol. The Bertz CT molecular complexity index is 1520. The smallest absolute Gasteiger partial charge is 0.264 e. The standard InChI is InChI=1S/C38H46N4O6/c1-3-4-5-6-7-8-9-10-11-12-13-14-15-16-17-18-19-20-21-25-32(43)39-28(2)35(45)40-30-24-22-23-29-34(30)38(48)42(37(29)47)31-26-27-33(44)41-36(31)46/h4-5,7-8,10-11,13-14,16-17,19-20,22-24,28,31H,3,6,9,12,15,18,21,25-27H2,1-2H3,(H,39,43)(H,40,45)(H,41,44,46)/b5-4-,8-7-,11-10-,14-13-,17-16-,20-19-/t28-,31?/m0/s1. The molecule has 254 valence electrons. The summed E-state index contributed by atoms with van der Waals surface area (Å²) in [6.07, 6.45) is 31.7. The van der Waals surface area contributed by atoms with Crippen LogP contribution in [0.15, 0.2) is 91.1 Å². The fraction of sp³-hybridized carbons (Fsp3) is 0.368. The number of hydrogen-bond acceptors (Lipinski definition) is 6. The van der Waals surface area contributed by atoms with Crippen molar-refractivity contribution in [2.45, 2.75) is 90.1 Å². The molecule has 1 saturated heterocycles. The van der Waals surface area contributed by atoms with Crippen LogP contribution >= 0.6 is 0 Å². The third-order valence-electron chi connectivity index (χ3n) is 7.63. The Labute approximate surface area is 282 Å². The van der Waals surface area contributed by atoms with Crippen LogP contribution in [0.4, 0.5) is 5.69 Å². The Morgan fingerprint density at radius 3 is 1.96 bits per heavy atom. The van der Waals surface area contributed by atoms with E-state index >= 15 is 0 Å². The van der Waals surface area contributed by atoms with Gasteiger partial charge in [0.15, 0.2) is 0 Å². The molecule has 0 bridgehead atoms. The Hall–Kier alpha value is -5.12. The maximum atomic E-state index is 13.2. The molecule has 1 aromatic carbocycles. The minimum Gasteiger partial charge on any atom is -0.345 e. The molecule has 1 fully saturated rings. The highest BCUT2D eigenvalue weighted by Gasteiger charge is 2.45. The predicted molar refractivity (Wildman–Crippen MR) is 187 cm³/mol. The number of rotatable bonds is 18. The molecule has 0 aliphatic carbocycles. The van der Waals surface area contributed by atoms with Gasteiger partial charge in [0.05, 0.1) is 16.8 Å². The van der Waals surface area contributed by atoms with Crippen LogP contribution in [0, 0.1) is 0 Å². The number of piperidine rings is 1. The van der Waals surface area contributed by atoms with Crippen molar-refractivity contribution in [1.82, 2.24) is 15.5 Å². The topological polar surface area (TPSA) is 142 Å². The molecule has 0 saturated carbocycles. The zero-order valence-corrected chi connectivity index (χ0v) is 27.8. The van der Waals surface area contributed by atoms with E-state index in [-0.39, 0.29) is 42.0 Å². The molecule has 6 amide bonds. The number of nitrogens with zero attached hydrogens (tertiary/aromatic N) is 1. The van der Waals surface area contributed by atoms with E-state index in [2.05, 4.69) is 83.6 Å². The van der Waals surface area contributed by atoms with Crippen LogP contribution in [0.5, 0.6) is 0 Å². The molecule has 48 heavy (non-hydrogen) atoms. The normalized spacial score (nSPS) is 17.5. The fourth-order valence-corrected chi connectivity index (χ4v) is 5.09. The maximum absolute atomic E-state index is 13.2. The number of hydrogen-bond donors (Lipinski definition) is 3. The quantitative estimate of drug-likeness (QED) is 0.131. The van der Waals surface area contributed by atoms with Crippen LogP contribution in [-0.4, -0.2) is 52.4 Å². The first-order valence-corrected chi connectivity index (χ1v) is 16.6. The third-order valence-corrected chi connectivity index (χ3v) is 7.63. The first-order valence-electron chi connectivity index (χ1n) is 16.6. The van der Waals surface area contributed by atoms with Crippen LogP contribution in [0.1, 0.15) is 98.8 Å². The van der Waals surface area contributed by atoms with Crippen LogP contribution in [0.2, 0.25) is 0 Å². The molecular formula is C38H46N4O6. The van der Waals surface area contributed by atoms with Crippen molar-refractivity contribution in [3.8, 4) is 0 Å². The molecule has 10 heteroatoms. The van der Waals surface area contributed by atoms with E-state index in [0.717, 1.165) is 43.4 Å². The molecule has 2 aliphatic heterocycles. The number of amides is 6. The number of benzene rings is 1. The van der Waals surface area contributed by atoms with E-state index in [4.69, 9.17) is 0 Å². The Morgan fingerprint density at radius 1 is 0.833 bits per heavy atom. The van der Waals surface area contributed by atoms with Crippen molar-refractivity contribution in [2.75, 3.05) is 5.32 Å². The Balaban J connectivity index is 1.34. The maximum Gasteiger partial charge on any atom is 0.264 e. The summed E-state index contributed by atoms with van der Waals surface area (Å²) in [5.74, 6) is -3.44. The zero-order valence-electron chi connectivity index (χ0n) is 27.8. The lowest BCUT2D eigenvalue weighted by molar-refractivity contribution is -0.136. The summed E-state index contributed by atoms with van der Waals surface area (Å²) >= 11 is 0. The van der Waals surface area contributed by atoms with Gasteiger partial charge in [0.25, 0.3) is 11.8 Å². The number of imide groups is 2. The monoisotopic (exact) mass is 654 g/mol. The fourth-order valence-electron chi connectivity index (χ4n) is 5.09. The average Bonchev–Trinajstić information content (AvgIpc) is 3.31. The van der Waals surface area contributed by atoms with E-state index in [1.165, 1.54) is 25.1 Å². The van der Waals surface area contributed by atoms with Crippen LogP contribution in [0.3, 0.4) is 0 Å². The molecule has 0 spiro atoms. The summed E-state index contributed by atoms with van der Waals surface area (Å²) in [5, 5.41) is 7.43. The summed E-state index contributed by atoms with van der Waals surface area (Å²) in [4.78, 5) is 76.2. The van der Waals surface area contributed by atoms with Gasteiger partial charge in [0.2, 0.25) is 23.6 Å². The van der Waals surface area contributed by atoms with E-state index in [1.807, 2.05) is 12.2 Å². The second kappa shape index (κ2) is 20.2. The van der Waals surface area contributed by atoms with Crippen molar-refractivity contribution in [2.24, 2.45) is 0 Å². The molecule has 1 aromatic rings. The van der Waals surface area contributed by atoms with E-state index < -0.39 is 41.6 Å². The van der Waals surface area contributed by atoms with Gasteiger partial charge in [-0.05, 0) is 70.4 Å². The number of carbonyl (C=O) groups excluding carboxylic acids is 6. The van der Waals surface area contributed by atoms with Gasteiger partial charge in [0, 0.05) is 12.8 Å². The van der Waals surface area contributed by atoms with Crippen molar-refractivity contribution in [3.05, 3.63) is 102 Å². The van der Waals surface area contributed by atoms with Crippen LogP contribution in [-0.2, 0) is 19.2 Å². The second-order valence-electron chi connectivity index (χ2n) is 11.4. The van der Waals surface area contributed by atoms with Crippen molar-refractivity contribution in [3.63, 3.8) is 0 Å². The SMILES string of the molecule is CC/C=C\C/C=C\C/C=C\C/C=C\C/C=C\C/C=C\CCC(=O)N[C@@H](C)C(=O)Nc1cccc2c1C(=O)N(C1CCC(=O)NC1=O)C2=O. The van der Waals surface area contributed by atoms with E-state index in [0.29, 0.717) is 6.42 Å². The lowest BCUT2D eigenvalue weighted by Crippen LogP contribution is -2.54. The van der Waals surface area contributed by atoms with Gasteiger partial charge < -0.3 is 10.6 Å². The molecule has 1 unspecified atom stereocenters. The summed E-state index contributed by atoms with van der Waals surface area (Å²) in [6.45, 7) is 3.66. The molecule has 3 N–H and O–H groups in total.